The van der Waals surface area contributed by atoms with Crippen molar-refractivity contribution >= 4 is 12.3 Å². The zero-order chi connectivity index (χ0) is 11.3. The van der Waals surface area contributed by atoms with E-state index in [-0.39, 0.29) is 12.0 Å². The van der Waals surface area contributed by atoms with E-state index in [0.29, 0.717) is 6.29 Å². The molecule has 1 aromatic rings. The molecule has 0 spiro atoms. The molecule has 1 N–H and O–H groups in total. The molecule has 0 aliphatic carbocycles. The van der Waals surface area contributed by atoms with Crippen molar-refractivity contribution in [3.05, 3.63) is 29.3 Å². The Balaban J connectivity index is 3.04. The predicted molar refractivity (Wildman–Crippen MR) is 48.7 cm³/mol. The van der Waals surface area contributed by atoms with E-state index in [9.17, 15) is 14.0 Å². The summed E-state index contributed by atoms with van der Waals surface area (Å²) in [5.74, 6) is 2.50. The van der Waals surface area contributed by atoms with Crippen LogP contribution in [0.3, 0.4) is 0 Å². The van der Waals surface area contributed by atoms with E-state index >= 15 is 0 Å². The van der Waals surface area contributed by atoms with Gasteiger partial charge in [-0.15, -0.1) is 0 Å². The van der Waals surface area contributed by atoms with Crippen LogP contribution < -0.4 is 0 Å². The molecule has 0 saturated heterocycles. The monoisotopic (exact) mass is 207 g/mol. The Morgan fingerprint density at radius 3 is 3.00 bits per heavy atom. The summed E-state index contributed by atoms with van der Waals surface area (Å²) in [5, 5.41) is 8.58. The number of pyridine rings is 1. The lowest BCUT2D eigenvalue weighted by Crippen LogP contribution is -2.03. The van der Waals surface area contributed by atoms with Crippen molar-refractivity contribution in [1.82, 2.24) is 4.98 Å². The number of carboxylic acid groups (broad SMARTS) is 1. The van der Waals surface area contributed by atoms with Crippen molar-refractivity contribution in [2.24, 2.45) is 0 Å². The number of aromatic carboxylic acids is 1. The molecule has 15 heavy (non-hydrogen) atoms. The third-order valence-corrected chi connectivity index (χ3v) is 1.49. The van der Waals surface area contributed by atoms with Gasteiger partial charge in [-0.25, -0.2) is 9.78 Å². The zero-order valence-corrected chi connectivity index (χ0v) is 7.53. The van der Waals surface area contributed by atoms with Gasteiger partial charge in [0.1, 0.15) is 11.8 Å². The van der Waals surface area contributed by atoms with E-state index in [0.717, 1.165) is 12.3 Å². The van der Waals surface area contributed by atoms with E-state index in [1.165, 1.54) is 0 Å². The molecule has 0 bridgehead atoms. The first kappa shape index (κ1) is 10.9. The largest absolute Gasteiger partial charge is 0.478 e. The molecule has 0 unspecified atom stereocenters. The van der Waals surface area contributed by atoms with Crippen molar-refractivity contribution in [1.29, 1.82) is 0 Å². The Morgan fingerprint density at radius 2 is 2.40 bits per heavy atom. The number of aldehydes is 1. The molecule has 4 nitrogen and oxygen atoms in total. The first-order valence-corrected chi connectivity index (χ1v) is 3.96. The van der Waals surface area contributed by atoms with Gasteiger partial charge >= 0.3 is 5.97 Å². The lowest BCUT2D eigenvalue weighted by Gasteiger charge is -1.96. The van der Waals surface area contributed by atoms with Gasteiger partial charge in [-0.3, -0.25) is 0 Å². The SMILES string of the molecule is O=CCC#Cc1cnc(F)c(C(=O)O)c1. The molecule has 0 amide bonds. The van der Waals surface area contributed by atoms with Crippen LogP contribution in [-0.2, 0) is 4.79 Å². The van der Waals surface area contributed by atoms with Crippen molar-refractivity contribution in [2.45, 2.75) is 6.42 Å². The number of aromatic nitrogens is 1. The minimum Gasteiger partial charge on any atom is -0.478 e. The van der Waals surface area contributed by atoms with Gasteiger partial charge in [0.2, 0.25) is 5.95 Å². The third-order valence-electron chi connectivity index (χ3n) is 1.49. The van der Waals surface area contributed by atoms with Gasteiger partial charge in [0, 0.05) is 11.8 Å². The number of hydrogen-bond donors (Lipinski definition) is 1. The number of rotatable bonds is 2. The molecule has 0 aromatic carbocycles. The van der Waals surface area contributed by atoms with E-state index in [1.54, 1.807) is 0 Å². The molecular formula is C10H6FNO3. The number of nitrogens with zero attached hydrogens (tertiary/aromatic N) is 1. The Morgan fingerprint density at radius 1 is 1.67 bits per heavy atom. The van der Waals surface area contributed by atoms with Gasteiger partial charge in [-0.2, -0.15) is 4.39 Å². The fourth-order valence-electron chi connectivity index (χ4n) is 0.861. The number of carbonyl (C=O) groups is 2. The Kier molecular flexibility index (Phi) is 3.52. The topological polar surface area (TPSA) is 67.3 Å². The number of halogens is 1. The minimum absolute atomic E-state index is 0.0414. The van der Waals surface area contributed by atoms with E-state index in [4.69, 9.17) is 5.11 Å². The van der Waals surface area contributed by atoms with Crippen molar-refractivity contribution in [3.63, 3.8) is 0 Å². The second-order valence-corrected chi connectivity index (χ2v) is 2.54. The Bertz CT molecular complexity index is 459. The van der Waals surface area contributed by atoms with Crippen LogP contribution >= 0.6 is 0 Å². The summed E-state index contributed by atoms with van der Waals surface area (Å²) >= 11 is 0. The molecule has 76 valence electrons. The number of carboxylic acids is 1. The van der Waals surface area contributed by atoms with Gasteiger partial charge in [-0.05, 0) is 6.07 Å². The molecule has 0 radical (unpaired) electrons. The third kappa shape index (κ3) is 2.88. The van der Waals surface area contributed by atoms with Gasteiger partial charge in [0.25, 0.3) is 0 Å². The van der Waals surface area contributed by atoms with Crippen LogP contribution in [0, 0.1) is 17.8 Å². The van der Waals surface area contributed by atoms with Crippen LogP contribution in [0.4, 0.5) is 4.39 Å². The molecule has 0 atom stereocenters. The molecule has 0 aliphatic rings. The van der Waals surface area contributed by atoms with Gasteiger partial charge in [0.15, 0.2) is 0 Å². The van der Waals surface area contributed by atoms with Crippen molar-refractivity contribution in [3.8, 4) is 11.8 Å². The second kappa shape index (κ2) is 4.86. The zero-order valence-electron chi connectivity index (χ0n) is 7.53. The van der Waals surface area contributed by atoms with E-state index < -0.39 is 17.5 Å². The first-order valence-electron chi connectivity index (χ1n) is 3.96. The molecule has 1 aromatic heterocycles. The minimum atomic E-state index is -1.40. The normalized spacial score (nSPS) is 8.87. The van der Waals surface area contributed by atoms with Gasteiger partial charge < -0.3 is 9.90 Å². The predicted octanol–water partition coefficient (Wildman–Crippen LogP) is 0.859. The summed E-state index contributed by atoms with van der Waals surface area (Å²) in [6.45, 7) is 0. The molecule has 0 aliphatic heterocycles. The maximum atomic E-state index is 12.8. The maximum absolute atomic E-state index is 12.8. The summed E-state index contributed by atoms with van der Waals surface area (Å²) < 4.78 is 12.8. The van der Waals surface area contributed by atoms with E-state index in [2.05, 4.69) is 16.8 Å². The smallest absolute Gasteiger partial charge is 0.340 e. The highest BCUT2D eigenvalue weighted by molar-refractivity contribution is 5.87. The highest BCUT2D eigenvalue weighted by Gasteiger charge is 2.11. The summed E-state index contributed by atoms with van der Waals surface area (Å²) in [6.07, 6.45) is 1.77. The lowest BCUT2D eigenvalue weighted by molar-refractivity contribution is -0.107. The number of carbonyl (C=O) groups excluding carboxylic acids is 1. The maximum Gasteiger partial charge on any atom is 0.340 e. The fraction of sp³-hybridized carbons (Fsp3) is 0.100. The standard InChI is InChI=1S/C10H6FNO3/c11-9-8(10(14)15)5-7(6-12-9)3-1-2-4-13/h4-6H,2H2,(H,14,15). The highest BCUT2D eigenvalue weighted by atomic mass is 19.1. The molecule has 1 heterocycles. The molecule has 5 heteroatoms. The summed E-state index contributed by atoms with van der Waals surface area (Å²) in [7, 11) is 0. The quantitative estimate of drug-likeness (QED) is 0.443. The van der Waals surface area contributed by atoms with Crippen molar-refractivity contribution in [2.75, 3.05) is 0 Å². The average Bonchev–Trinajstić information content (AvgIpc) is 2.20. The summed E-state index contributed by atoms with van der Waals surface area (Å²) in [5.41, 5.74) is -0.274. The van der Waals surface area contributed by atoms with Crippen LogP contribution in [0.2, 0.25) is 0 Å². The second-order valence-electron chi connectivity index (χ2n) is 2.54. The van der Waals surface area contributed by atoms with Gasteiger partial charge in [0.05, 0.1) is 6.42 Å². The van der Waals surface area contributed by atoms with Gasteiger partial charge in [-0.1, -0.05) is 11.8 Å². The van der Waals surface area contributed by atoms with Crippen LogP contribution in [0.15, 0.2) is 12.3 Å². The Labute approximate surface area is 84.8 Å². The van der Waals surface area contributed by atoms with Crippen LogP contribution in [0.25, 0.3) is 0 Å². The molecule has 0 saturated carbocycles. The highest BCUT2D eigenvalue weighted by Crippen LogP contribution is 2.06. The lowest BCUT2D eigenvalue weighted by atomic mass is 10.2. The number of hydrogen-bond acceptors (Lipinski definition) is 3. The first-order chi connectivity index (χ1) is 7.15. The van der Waals surface area contributed by atoms with Crippen LogP contribution in [-0.4, -0.2) is 22.3 Å². The molecule has 0 fully saturated rings. The van der Waals surface area contributed by atoms with Crippen molar-refractivity contribution < 1.29 is 19.1 Å². The molecular weight excluding hydrogens is 201 g/mol. The van der Waals surface area contributed by atoms with Crippen LogP contribution in [0.1, 0.15) is 22.3 Å². The van der Waals surface area contributed by atoms with E-state index in [1.807, 2.05) is 0 Å². The Hall–Kier alpha value is -2.22. The summed E-state index contributed by atoms with van der Waals surface area (Å²) in [6, 6.07) is 1.07. The van der Waals surface area contributed by atoms with Crippen LogP contribution in [0.5, 0.6) is 0 Å². The fourth-order valence-corrected chi connectivity index (χ4v) is 0.861. The molecule has 1 rings (SSSR count). The average molecular weight is 207 g/mol. The summed E-state index contributed by atoms with van der Waals surface area (Å²) in [4.78, 5) is 23.7.